The van der Waals surface area contributed by atoms with E-state index in [4.69, 9.17) is 0 Å². The monoisotopic (exact) mass is 533 g/mol. The summed E-state index contributed by atoms with van der Waals surface area (Å²) in [6.45, 7) is 3.74. The number of alkyl halides is 3. The molecule has 1 unspecified atom stereocenters. The van der Waals surface area contributed by atoms with E-state index < -0.39 is 18.1 Å². The Hall–Kier alpha value is -0.780. The highest BCUT2D eigenvalue weighted by Crippen LogP contribution is 2.39. The topological polar surface area (TPSA) is 60.0 Å². The van der Waals surface area contributed by atoms with Gasteiger partial charge in [-0.05, 0) is 38.6 Å². The Kier molecular flexibility index (Phi) is 10.5. The van der Waals surface area contributed by atoms with E-state index in [-0.39, 0.29) is 35.8 Å². The lowest BCUT2D eigenvalue weighted by atomic mass is 9.85. The van der Waals surface area contributed by atoms with E-state index in [1.165, 1.54) is 4.90 Å². The van der Waals surface area contributed by atoms with Crippen molar-refractivity contribution in [2.75, 3.05) is 53.4 Å². The van der Waals surface area contributed by atoms with E-state index in [1.807, 2.05) is 6.92 Å². The van der Waals surface area contributed by atoms with Crippen LogP contribution in [-0.2, 0) is 4.79 Å². The molecular weight excluding hydrogens is 498 g/mol. The summed E-state index contributed by atoms with van der Waals surface area (Å²) in [5.74, 6) is 0.924. The molecule has 2 rings (SSSR count). The van der Waals surface area contributed by atoms with E-state index in [0.29, 0.717) is 38.7 Å². The first kappa shape index (κ1) is 26.3. The molecule has 2 aliphatic rings. The van der Waals surface area contributed by atoms with Crippen molar-refractivity contribution < 1.29 is 18.0 Å². The fourth-order valence-corrected chi connectivity index (χ4v) is 4.26. The molecule has 0 aromatic rings. The maximum atomic E-state index is 12.7. The van der Waals surface area contributed by atoms with E-state index in [1.54, 1.807) is 19.0 Å². The average molecular weight is 533 g/mol. The Morgan fingerprint density at radius 1 is 1.24 bits per heavy atom. The van der Waals surface area contributed by atoms with Crippen LogP contribution >= 0.6 is 24.0 Å². The highest BCUT2D eigenvalue weighted by Gasteiger charge is 2.42. The third kappa shape index (κ3) is 8.10. The lowest BCUT2D eigenvalue weighted by Gasteiger charge is -2.29. The van der Waals surface area contributed by atoms with Gasteiger partial charge >= 0.3 is 6.18 Å². The second-order valence-corrected chi connectivity index (χ2v) is 8.27. The second-order valence-electron chi connectivity index (χ2n) is 8.27. The van der Waals surface area contributed by atoms with Crippen LogP contribution in [0, 0.1) is 11.3 Å². The van der Waals surface area contributed by atoms with Crippen molar-refractivity contribution >= 4 is 35.8 Å². The van der Waals surface area contributed by atoms with Crippen molar-refractivity contribution in [1.29, 1.82) is 0 Å². The molecule has 1 heterocycles. The van der Waals surface area contributed by atoms with Gasteiger partial charge in [0, 0.05) is 33.7 Å². The third-order valence-electron chi connectivity index (χ3n) is 5.64. The largest absolute Gasteiger partial charge is 0.401 e. The molecule has 0 aromatic heterocycles. The van der Waals surface area contributed by atoms with Gasteiger partial charge in [-0.15, -0.1) is 24.0 Å². The summed E-state index contributed by atoms with van der Waals surface area (Å²) in [5, 5.41) is 6.45. The highest BCUT2D eigenvalue weighted by atomic mass is 127. The summed E-state index contributed by atoms with van der Waals surface area (Å²) < 4.78 is 37.6. The lowest BCUT2D eigenvalue weighted by Crippen LogP contribution is -2.44. The molecule has 2 fully saturated rings. The summed E-state index contributed by atoms with van der Waals surface area (Å²) in [5.41, 5.74) is -0.428. The highest BCUT2D eigenvalue weighted by molar-refractivity contribution is 14.0. The Morgan fingerprint density at radius 2 is 1.90 bits per heavy atom. The molecule has 1 aliphatic carbocycles. The minimum atomic E-state index is -4.15. The third-order valence-corrected chi connectivity index (χ3v) is 5.64. The maximum Gasteiger partial charge on any atom is 0.401 e. The SMILES string of the molecule is CCNC(=NCC1(C(=O)N(C)C)CCCC1)NCC1CCN(CC(F)(F)F)C1.I. The van der Waals surface area contributed by atoms with Gasteiger partial charge in [-0.2, -0.15) is 13.2 Å². The fourth-order valence-electron chi connectivity index (χ4n) is 4.26. The standard InChI is InChI=1S/C19H34F3N5O.HI/c1-4-23-17(24-11-15-7-10-27(12-15)14-19(20,21)22)25-13-18(8-5-6-9-18)16(28)26(2)3;/h15H,4-14H2,1-3H3,(H2,23,24,25);1H. The first-order valence-corrected chi connectivity index (χ1v) is 10.2. The van der Waals surface area contributed by atoms with E-state index in [9.17, 15) is 18.0 Å². The van der Waals surface area contributed by atoms with Crippen LogP contribution in [0.5, 0.6) is 0 Å². The van der Waals surface area contributed by atoms with Crippen LogP contribution in [0.25, 0.3) is 0 Å². The van der Waals surface area contributed by atoms with Crippen LogP contribution in [-0.4, -0.2) is 81.2 Å². The van der Waals surface area contributed by atoms with E-state index >= 15 is 0 Å². The molecule has 0 radical (unpaired) electrons. The van der Waals surface area contributed by atoms with Gasteiger partial charge in [0.05, 0.1) is 18.5 Å². The Balaban J connectivity index is 0.00000420. The molecule has 10 heteroatoms. The molecule has 1 aliphatic heterocycles. The molecular formula is C19H35F3IN5O. The van der Waals surface area contributed by atoms with Gasteiger partial charge < -0.3 is 15.5 Å². The van der Waals surface area contributed by atoms with Gasteiger partial charge in [0.1, 0.15) is 0 Å². The van der Waals surface area contributed by atoms with Gasteiger partial charge in [-0.3, -0.25) is 14.7 Å². The normalized spacial score (nSPS) is 22.3. The zero-order valence-electron chi connectivity index (χ0n) is 17.6. The van der Waals surface area contributed by atoms with Crippen LogP contribution in [0.2, 0.25) is 0 Å². The van der Waals surface area contributed by atoms with Crippen molar-refractivity contribution in [2.24, 2.45) is 16.3 Å². The molecule has 0 bridgehead atoms. The number of hydrogen-bond acceptors (Lipinski definition) is 3. The minimum Gasteiger partial charge on any atom is -0.357 e. The summed E-state index contributed by atoms with van der Waals surface area (Å²) in [6, 6.07) is 0. The number of carbonyl (C=O) groups excluding carboxylic acids is 1. The summed E-state index contributed by atoms with van der Waals surface area (Å²) >= 11 is 0. The van der Waals surface area contributed by atoms with Crippen LogP contribution in [0.15, 0.2) is 4.99 Å². The number of likely N-dealkylation sites (tertiary alicyclic amines) is 1. The number of hydrogen-bond donors (Lipinski definition) is 2. The predicted molar refractivity (Wildman–Crippen MR) is 120 cm³/mol. The predicted octanol–water partition coefficient (Wildman–Crippen LogP) is 2.69. The number of amides is 1. The molecule has 2 N–H and O–H groups in total. The number of rotatable bonds is 7. The molecule has 0 aromatic carbocycles. The summed E-state index contributed by atoms with van der Waals surface area (Å²) in [4.78, 5) is 20.4. The van der Waals surface area contributed by atoms with Gasteiger partial charge in [-0.1, -0.05) is 12.8 Å². The molecule has 170 valence electrons. The Labute approximate surface area is 189 Å². The molecule has 1 saturated heterocycles. The van der Waals surface area contributed by atoms with Crippen molar-refractivity contribution in [2.45, 2.75) is 45.2 Å². The first-order valence-electron chi connectivity index (χ1n) is 10.2. The molecule has 29 heavy (non-hydrogen) atoms. The summed E-state index contributed by atoms with van der Waals surface area (Å²) in [6.07, 6.45) is 0.370. The summed E-state index contributed by atoms with van der Waals surface area (Å²) in [7, 11) is 3.56. The van der Waals surface area contributed by atoms with E-state index in [2.05, 4.69) is 15.6 Å². The van der Waals surface area contributed by atoms with Crippen molar-refractivity contribution in [1.82, 2.24) is 20.4 Å². The Morgan fingerprint density at radius 3 is 2.45 bits per heavy atom. The smallest absolute Gasteiger partial charge is 0.357 e. The zero-order valence-corrected chi connectivity index (χ0v) is 20.0. The van der Waals surface area contributed by atoms with E-state index in [0.717, 1.165) is 32.1 Å². The number of aliphatic imine (C=N–C) groups is 1. The lowest BCUT2D eigenvalue weighted by molar-refractivity contribution is -0.143. The maximum absolute atomic E-state index is 12.7. The van der Waals surface area contributed by atoms with Gasteiger partial charge in [0.25, 0.3) is 0 Å². The Bertz CT molecular complexity index is 550. The number of halogens is 4. The molecule has 0 spiro atoms. The molecule has 1 amide bonds. The molecule has 6 nitrogen and oxygen atoms in total. The van der Waals surface area contributed by atoms with Crippen LogP contribution in [0.1, 0.15) is 39.0 Å². The van der Waals surface area contributed by atoms with Gasteiger partial charge in [0.15, 0.2) is 5.96 Å². The fraction of sp³-hybridized carbons (Fsp3) is 0.895. The number of nitrogens with zero attached hydrogens (tertiary/aromatic N) is 3. The van der Waals surface area contributed by atoms with Gasteiger partial charge in [-0.25, -0.2) is 0 Å². The number of nitrogens with one attached hydrogen (secondary N) is 2. The number of carbonyl (C=O) groups is 1. The van der Waals surface area contributed by atoms with Gasteiger partial charge in [0.2, 0.25) is 5.91 Å². The second kappa shape index (κ2) is 11.6. The number of guanidine groups is 1. The van der Waals surface area contributed by atoms with Crippen molar-refractivity contribution in [3.63, 3.8) is 0 Å². The van der Waals surface area contributed by atoms with Crippen molar-refractivity contribution in [3.05, 3.63) is 0 Å². The van der Waals surface area contributed by atoms with Crippen LogP contribution in [0.3, 0.4) is 0 Å². The first-order chi connectivity index (χ1) is 13.1. The van der Waals surface area contributed by atoms with Crippen molar-refractivity contribution in [3.8, 4) is 0 Å². The van der Waals surface area contributed by atoms with Crippen LogP contribution in [0.4, 0.5) is 13.2 Å². The molecule has 1 atom stereocenters. The minimum absolute atomic E-state index is 0. The molecule has 1 saturated carbocycles. The quantitative estimate of drug-likeness (QED) is 0.300. The zero-order chi connectivity index (χ0) is 20.8. The average Bonchev–Trinajstić information content (AvgIpc) is 3.25. The van der Waals surface area contributed by atoms with Crippen LogP contribution < -0.4 is 10.6 Å².